The van der Waals surface area contributed by atoms with E-state index in [1.54, 1.807) is 0 Å². The molecule has 0 bridgehead atoms. The number of alkyl halides is 1. The summed E-state index contributed by atoms with van der Waals surface area (Å²) in [6, 6.07) is 0.629. The third-order valence-electron chi connectivity index (χ3n) is 19.8. The van der Waals surface area contributed by atoms with Crippen molar-refractivity contribution in [2.45, 2.75) is 295 Å². The molecule has 0 aromatic carbocycles. The monoisotopic (exact) mass is 1630 g/mol. The number of nitrogens with zero attached hydrogens (tertiary/aromatic N) is 1. The van der Waals surface area contributed by atoms with Gasteiger partial charge in [-0.2, -0.15) is 4.40 Å². The molecule has 5 saturated carbocycles. The van der Waals surface area contributed by atoms with Crippen LogP contribution in [0.2, 0.25) is 0 Å². The average molecular weight is 1630 g/mol. The number of nitrogens with one attached hydrogen (secondary N) is 2. The van der Waals surface area contributed by atoms with Crippen LogP contribution in [0.15, 0.2) is 67.7 Å². The van der Waals surface area contributed by atoms with E-state index >= 15 is 0 Å². The number of carbonyl (C=O) groups is 3. The molecule has 102 heavy (non-hydrogen) atoms. The van der Waals surface area contributed by atoms with Crippen molar-refractivity contribution in [2.24, 2.45) is 44.9 Å². The molecule has 7 unspecified atom stereocenters. The maximum Gasteiger partial charge on any atom is 0.244 e. The van der Waals surface area contributed by atoms with Gasteiger partial charge in [0.1, 0.15) is 17.3 Å². The van der Waals surface area contributed by atoms with Crippen molar-refractivity contribution in [3.05, 3.63) is 63.3 Å². The van der Waals surface area contributed by atoms with E-state index in [-0.39, 0.29) is 73.1 Å². The molecule has 7 atom stereocenters. The molecule has 5 aliphatic heterocycles. The number of hydrogen-bond donors (Lipinski definition) is 4. The topological polar surface area (TPSA) is 283 Å². The van der Waals surface area contributed by atoms with Crippen LogP contribution in [0.3, 0.4) is 0 Å². The Kier molecular flexibility index (Phi) is 43.7. The molecule has 5 saturated heterocycles. The summed E-state index contributed by atoms with van der Waals surface area (Å²) in [5.74, 6) is 0.598. The fraction of sp³-hybridized carbons (Fsp3) is 0.816. The van der Waals surface area contributed by atoms with Crippen LogP contribution >= 0.6 is 34.2 Å². The predicted molar refractivity (Wildman–Crippen MR) is 422 cm³/mol. The van der Waals surface area contributed by atoms with Crippen LogP contribution in [0.25, 0.3) is 0 Å². The Morgan fingerprint density at radius 1 is 0.529 bits per heavy atom. The maximum absolute atomic E-state index is 12.4. The zero-order valence-corrected chi connectivity index (χ0v) is 69.3. The van der Waals surface area contributed by atoms with Gasteiger partial charge in [0, 0.05) is 98.4 Å². The van der Waals surface area contributed by atoms with Crippen molar-refractivity contribution in [3.63, 3.8) is 0 Å². The minimum Gasteiger partial charge on any atom is -0.349 e. The van der Waals surface area contributed by atoms with Crippen LogP contribution in [0, 0.1) is 29.6 Å². The quantitative estimate of drug-likeness (QED) is 0.0189. The highest BCUT2D eigenvalue weighted by molar-refractivity contribution is 14.1. The lowest BCUT2D eigenvalue weighted by Crippen LogP contribution is -2.46. The minimum absolute atomic E-state index is 0.111. The Morgan fingerprint density at radius 2 is 0.824 bits per heavy atom. The first kappa shape index (κ1) is 94.3. The van der Waals surface area contributed by atoms with Crippen molar-refractivity contribution in [1.82, 2.24) is 10.0 Å². The van der Waals surface area contributed by atoms with Gasteiger partial charge in [0.2, 0.25) is 11.1 Å². The van der Waals surface area contributed by atoms with Crippen molar-refractivity contribution in [3.8, 4) is 0 Å². The molecule has 1 amide bonds. The standard InChI is InChI=1S/C16H29NO3S.C15H23NO3.C13H23NO3S.C12H21NO2.C9H14O3.C4H9I.C4H11NOS.C3H3ClO/c1-5-6-14(17-21(18)15(2,3)4)13-7-9-16(10-8-13)19-11-12-20-16;1-3-5-13(16-14(17)4-2)12-6-8-15(9-7-12)18-10-11-19-15;1-12(2,3)18(15)14-10-11-4-6-13(7-5-11)16-8-9-17-13;1-2-3-11(13)10-4-6-12(7-5-10)14-8-9-15-12;10-7-8-1-3-9(4-2-8)11-5-6-12-9;1-3-4(2)5;1-4(2,3)7(5)6;1-2-3(4)5/h5,13-14,17H,1,6-12H2,2-4H3;3-4,12-13H,1-2,5-11H2,(H,16,17);10-11H,4-9H2,1-3H3;2,10-11H,1,3-9,13H2;7-8H,1-6H2;4H,3H2,1-2H3;5H2,1-3H3;2H,1H2. The minimum atomic E-state index is -1.18. The smallest absolute Gasteiger partial charge is 0.244 e. The molecule has 5 aliphatic carbocycles. The number of rotatable bonds is 18. The maximum atomic E-state index is 12.4. The van der Waals surface area contributed by atoms with Crippen molar-refractivity contribution < 1.29 is 74.4 Å². The lowest BCUT2D eigenvalue weighted by atomic mass is 9.79. The number of halogens is 2. The van der Waals surface area contributed by atoms with E-state index in [4.69, 9.17) is 69.8 Å². The second kappa shape index (κ2) is 47.3. The van der Waals surface area contributed by atoms with Crippen LogP contribution in [-0.4, -0.2) is 168 Å². The first-order valence-electron chi connectivity index (χ1n) is 37.2. The molecule has 5 spiro atoms. The van der Waals surface area contributed by atoms with Crippen LogP contribution in [0.5, 0.6) is 0 Å². The summed E-state index contributed by atoms with van der Waals surface area (Å²) >= 11 is 7.11. The summed E-state index contributed by atoms with van der Waals surface area (Å²) in [4.78, 5) is 31.4. The molecule has 10 rings (SSSR count). The molecule has 5 heterocycles. The van der Waals surface area contributed by atoms with Gasteiger partial charge in [-0.1, -0.05) is 67.8 Å². The molecule has 6 N–H and O–H groups in total. The SMILES string of the molecule is C=CC(=O)Cl.C=CCC(N)C1CCC2(CC1)OCCO2.C=CCC(NC(=O)C=C)C1CCC2(CC1)OCCO2.C=CCC(NS(=O)C(C)(C)C)C1CCC2(CC1)OCCO2.CC(C)(C)S(=O)N=CC1CCC2(CC1)OCCO2.CC(C)(C)S(N)=O.CCC(C)I.O=CC1CCC2(CC1)OCCO2. The second-order valence-electron chi connectivity index (χ2n) is 30.7. The largest absolute Gasteiger partial charge is 0.349 e. The number of carbonyl (C=O) groups excluding carboxylic acids is 3. The fourth-order valence-corrected chi connectivity index (χ4v) is 14.7. The number of allylic oxidation sites excluding steroid dienone is 1. The van der Waals surface area contributed by atoms with E-state index in [9.17, 15) is 27.0 Å². The number of nitrogens with two attached hydrogens (primary N) is 2. The average Bonchev–Trinajstić information content (AvgIpc) is 1.63. The molecule has 21 nitrogen and oxygen atoms in total. The Bertz CT molecular complexity index is 2560. The van der Waals surface area contributed by atoms with E-state index in [1.807, 2.05) is 86.8 Å². The van der Waals surface area contributed by atoms with E-state index in [0.717, 1.165) is 177 Å². The molecule has 10 aliphatic rings. The van der Waals surface area contributed by atoms with E-state index < -0.39 is 38.2 Å². The predicted octanol–water partition coefficient (Wildman–Crippen LogP) is 14.0. The van der Waals surface area contributed by atoms with Crippen molar-refractivity contribution >= 4 is 90.8 Å². The summed E-state index contributed by atoms with van der Waals surface area (Å²) in [6.45, 7) is 46.9. The molecule has 10 fully saturated rings. The lowest BCUT2D eigenvalue weighted by molar-refractivity contribution is -0.184. The molecule has 590 valence electrons. The molecule has 0 radical (unpaired) electrons. The molecule has 26 heteroatoms. The third-order valence-corrected chi connectivity index (χ3v) is 25.0. The van der Waals surface area contributed by atoms with Crippen molar-refractivity contribution in [1.29, 1.82) is 0 Å². The van der Waals surface area contributed by atoms with Gasteiger partial charge in [0.05, 0.1) is 102 Å². The normalized spacial score (nSPS) is 26.5. The lowest BCUT2D eigenvalue weighted by Gasteiger charge is -2.39. The van der Waals surface area contributed by atoms with E-state index in [2.05, 4.69) is 83.8 Å². The first-order valence-corrected chi connectivity index (χ1v) is 42.3. The van der Waals surface area contributed by atoms with Gasteiger partial charge in [-0.25, -0.2) is 17.3 Å². The Morgan fingerprint density at radius 3 is 1.09 bits per heavy atom. The summed E-state index contributed by atoms with van der Waals surface area (Å²) < 4.78 is 99.0. The fourth-order valence-electron chi connectivity index (χ4n) is 13.2. The third kappa shape index (κ3) is 34.8. The molecular formula is C76H133ClIN5O16S3. The molecule has 0 aromatic rings. The van der Waals surface area contributed by atoms with Gasteiger partial charge in [-0.15, -0.1) is 19.7 Å². The van der Waals surface area contributed by atoms with Crippen LogP contribution in [0.1, 0.15) is 230 Å². The van der Waals surface area contributed by atoms with Crippen LogP contribution < -0.4 is 20.9 Å². The number of amides is 1. The number of hydrogen-bond acceptors (Lipinski definition) is 17. The summed E-state index contributed by atoms with van der Waals surface area (Å²) in [7, 11) is -3.37. The second-order valence-corrected chi connectivity index (χ2v) is 39.0. The summed E-state index contributed by atoms with van der Waals surface area (Å²) in [6.07, 6.45) is 34.4. The highest BCUT2D eigenvalue weighted by Crippen LogP contribution is 2.44. The zero-order chi connectivity index (χ0) is 76.3. The highest BCUT2D eigenvalue weighted by atomic mass is 127. The van der Waals surface area contributed by atoms with Gasteiger partial charge in [0.25, 0.3) is 0 Å². The first-order chi connectivity index (χ1) is 48.1. The Labute approximate surface area is 640 Å². The van der Waals surface area contributed by atoms with Gasteiger partial charge in [-0.05, 0) is 200 Å². The van der Waals surface area contributed by atoms with Gasteiger partial charge >= 0.3 is 0 Å². The Balaban J connectivity index is 0.000000315. The van der Waals surface area contributed by atoms with Gasteiger partial charge in [0.15, 0.2) is 28.9 Å². The molecule has 0 aromatic heterocycles. The van der Waals surface area contributed by atoms with Crippen LogP contribution in [0.4, 0.5) is 0 Å². The van der Waals surface area contributed by atoms with E-state index in [0.29, 0.717) is 76.5 Å². The van der Waals surface area contributed by atoms with E-state index in [1.165, 1.54) is 12.5 Å². The van der Waals surface area contributed by atoms with Gasteiger partial charge in [-0.3, -0.25) is 14.7 Å². The highest BCUT2D eigenvalue weighted by Gasteiger charge is 2.46. The number of aldehydes is 1. The van der Waals surface area contributed by atoms with Gasteiger partial charge < -0.3 is 63.2 Å². The molecular weight excluding hydrogens is 1500 g/mol. The zero-order valence-electron chi connectivity index (χ0n) is 63.9. The summed E-state index contributed by atoms with van der Waals surface area (Å²) in [5, 5.41) is 7.54. The number of ether oxygens (including phenoxy) is 10. The summed E-state index contributed by atoms with van der Waals surface area (Å²) in [5.41, 5.74) is 6.09. The Hall–Kier alpha value is -1.87. The van der Waals surface area contributed by atoms with Crippen LogP contribution in [-0.2, 0) is 94.7 Å². The van der Waals surface area contributed by atoms with Crippen molar-refractivity contribution in [2.75, 3.05) is 66.1 Å².